The zero-order valence-corrected chi connectivity index (χ0v) is 21.8. The number of aromatic nitrogens is 2. The van der Waals surface area contributed by atoms with Crippen LogP contribution in [0.5, 0.6) is 0 Å². The van der Waals surface area contributed by atoms with Gasteiger partial charge in [0, 0.05) is 17.7 Å². The van der Waals surface area contributed by atoms with E-state index in [-0.39, 0.29) is 18.4 Å². The van der Waals surface area contributed by atoms with Crippen LogP contribution >= 0.6 is 0 Å². The number of fused-ring (bicyclic) bond motifs is 1. The van der Waals surface area contributed by atoms with Gasteiger partial charge in [-0.05, 0) is 54.8 Å². The Morgan fingerprint density at radius 2 is 1.53 bits per heavy atom. The van der Waals surface area contributed by atoms with E-state index in [9.17, 15) is 9.59 Å². The predicted molar refractivity (Wildman–Crippen MR) is 153 cm³/mol. The second-order valence-electron chi connectivity index (χ2n) is 9.27. The van der Waals surface area contributed by atoms with Gasteiger partial charge in [0.1, 0.15) is 12.4 Å². The molecule has 0 atom stereocenters. The summed E-state index contributed by atoms with van der Waals surface area (Å²) in [5.41, 5.74) is 5.11. The molecule has 1 N–H and O–H groups in total. The molecule has 5 aromatic rings. The first-order valence-corrected chi connectivity index (χ1v) is 12.8. The molecule has 1 heterocycles. The highest BCUT2D eigenvalue weighted by Crippen LogP contribution is 2.34. The van der Waals surface area contributed by atoms with Crippen LogP contribution in [0.2, 0.25) is 0 Å². The van der Waals surface area contributed by atoms with Gasteiger partial charge in [-0.1, -0.05) is 84.9 Å². The lowest BCUT2D eigenvalue weighted by Gasteiger charge is -2.22. The van der Waals surface area contributed by atoms with Crippen molar-refractivity contribution >= 4 is 28.4 Å². The maximum atomic E-state index is 13.5. The Morgan fingerprint density at radius 1 is 0.842 bits per heavy atom. The second kappa shape index (κ2) is 10.7. The summed E-state index contributed by atoms with van der Waals surface area (Å²) in [6.07, 6.45) is 0. The molecular weight excluding hydrogens is 472 g/mol. The van der Waals surface area contributed by atoms with E-state index in [1.54, 1.807) is 9.58 Å². The van der Waals surface area contributed by atoms with E-state index in [4.69, 9.17) is 5.10 Å². The molecule has 38 heavy (non-hydrogen) atoms. The number of rotatable bonds is 7. The van der Waals surface area contributed by atoms with Gasteiger partial charge in [0.05, 0.1) is 11.4 Å². The average molecular weight is 503 g/mol. The smallest absolute Gasteiger partial charge is 0.254 e. The highest BCUT2D eigenvalue weighted by Gasteiger charge is 2.24. The third-order valence-corrected chi connectivity index (χ3v) is 6.75. The molecule has 5 rings (SSSR count). The molecule has 6 nitrogen and oxygen atoms in total. The molecule has 0 aliphatic carbocycles. The van der Waals surface area contributed by atoms with Crippen LogP contribution in [0.1, 0.15) is 28.5 Å². The number of para-hydroxylation sites is 1. The average Bonchev–Trinajstić information content (AvgIpc) is 3.26. The third kappa shape index (κ3) is 4.81. The number of carbonyl (C=O) groups excluding carboxylic acids is 2. The topological polar surface area (TPSA) is 67.2 Å². The lowest BCUT2D eigenvalue weighted by Crippen LogP contribution is -2.38. The van der Waals surface area contributed by atoms with Crippen LogP contribution in [0.25, 0.3) is 27.6 Å². The Hall–Kier alpha value is -4.71. The van der Waals surface area contributed by atoms with E-state index in [1.807, 2.05) is 118 Å². The predicted octanol–water partition coefficient (Wildman–Crippen LogP) is 6.41. The fourth-order valence-electron chi connectivity index (χ4n) is 4.82. The fraction of sp³-hybridized carbons (Fsp3) is 0.156. The van der Waals surface area contributed by atoms with Crippen LogP contribution in [0, 0.1) is 13.8 Å². The second-order valence-corrected chi connectivity index (χ2v) is 9.27. The van der Waals surface area contributed by atoms with Gasteiger partial charge in [0.15, 0.2) is 0 Å². The minimum absolute atomic E-state index is 0.0786. The summed E-state index contributed by atoms with van der Waals surface area (Å²) in [4.78, 5) is 28.6. The van der Waals surface area contributed by atoms with Gasteiger partial charge in [-0.2, -0.15) is 5.10 Å². The lowest BCUT2D eigenvalue weighted by atomic mass is 10.0. The summed E-state index contributed by atoms with van der Waals surface area (Å²) in [6, 6.07) is 31.3. The van der Waals surface area contributed by atoms with Gasteiger partial charge >= 0.3 is 0 Å². The van der Waals surface area contributed by atoms with E-state index in [0.717, 1.165) is 38.8 Å². The van der Waals surface area contributed by atoms with E-state index < -0.39 is 0 Å². The van der Waals surface area contributed by atoms with Crippen LogP contribution in [-0.2, 0) is 4.79 Å². The molecule has 0 bridgehead atoms. The third-order valence-electron chi connectivity index (χ3n) is 6.75. The first-order chi connectivity index (χ1) is 18.5. The van der Waals surface area contributed by atoms with E-state index in [0.29, 0.717) is 17.9 Å². The lowest BCUT2D eigenvalue weighted by molar-refractivity contribution is -0.116. The zero-order chi connectivity index (χ0) is 26.6. The van der Waals surface area contributed by atoms with Crippen LogP contribution in [0.15, 0.2) is 97.1 Å². The standard InChI is InChI=1S/C32H30N4O2/c1-4-35(32(38)27-19-12-17-24-14-9-10-18-26(24)27)21-29(37)33-31-30(25-15-6-5-7-16-25)23(3)34-36(31)28-20-11-8-13-22(28)2/h5-20H,4,21H2,1-3H3,(H,33,37). The minimum atomic E-state index is -0.285. The first-order valence-electron chi connectivity index (χ1n) is 12.8. The van der Waals surface area contributed by atoms with Crippen LogP contribution in [-0.4, -0.2) is 39.6 Å². The fourth-order valence-corrected chi connectivity index (χ4v) is 4.82. The summed E-state index contributed by atoms with van der Waals surface area (Å²) in [5, 5.41) is 9.77. The van der Waals surface area contributed by atoms with Gasteiger partial charge in [0.2, 0.25) is 5.91 Å². The van der Waals surface area contributed by atoms with Gasteiger partial charge in [0.25, 0.3) is 5.91 Å². The van der Waals surface area contributed by atoms with Crippen molar-refractivity contribution in [1.29, 1.82) is 0 Å². The molecule has 2 amide bonds. The number of anilines is 1. The molecule has 0 unspecified atom stereocenters. The Balaban J connectivity index is 1.49. The highest BCUT2D eigenvalue weighted by atomic mass is 16.2. The number of nitrogens with zero attached hydrogens (tertiary/aromatic N) is 3. The molecule has 0 fully saturated rings. The normalized spacial score (nSPS) is 10.9. The van der Waals surface area contributed by atoms with Gasteiger partial charge in [-0.3, -0.25) is 9.59 Å². The summed E-state index contributed by atoms with van der Waals surface area (Å²) in [6.45, 7) is 6.16. The van der Waals surface area contributed by atoms with E-state index >= 15 is 0 Å². The number of benzene rings is 4. The Kier molecular flexibility index (Phi) is 7.05. The Labute approximate surface area is 222 Å². The molecule has 0 saturated carbocycles. The summed E-state index contributed by atoms with van der Waals surface area (Å²) >= 11 is 0. The molecule has 0 radical (unpaired) electrons. The molecule has 4 aromatic carbocycles. The quantitative estimate of drug-likeness (QED) is 0.280. The van der Waals surface area contributed by atoms with Crippen molar-refractivity contribution in [3.8, 4) is 16.8 Å². The van der Waals surface area contributed by atoms with Gasteiger partial charge < -0.3 is 10.2 Å². The number of carbonyl (C=O) groups is 2. The van der Waals surface area contributed by atoms with Gasteiger partial charge in [-0.25, -0.2) is 4.68 Å². The molecule has 190 valence electrons. The molecule has 1 aromatic heterocycles. The molecule has 0 saturated heterocycles. The maximum Gasteiger partial charge on any atom is 0.254 e. The molecule has 6 heteroatoms. The van der Waals surface area contributed by atoms with Gasteiger partial charge in [-0.15, -0.1) is 0 Å². The van der Waals surface area contributed by atoms with E-state index in [2.05, 4.69) is 5.32 Å². The van der Waals surface area contributed by atoms with Crippen LogP contribution in [0.3, 0.4) is 0 Å². The van der Waals surface area contributed by atoms with Crippen molar-refractivity contribution in [2.45, 2.75) is 20.8 Å². The summed E-state index contributed by atoms with van der Waals surface area (Å²) in [5.74, 6) is 0.125. The molecule has 0 aliphatic rings. The Bertz CT molecular complexity index is 1620. The van der Waals surface area contributed by atoms with E-state index in [1.165, 1.54) is 0 Å². The number of amides is 2. The number of likely N-dealkylation sites (N-methyl/N-ethyl adjacent to an activating group) is 1. The van der Waals surface area contributed by atoms with Crippen molar-refractivity contribution in [2.75, 3.05) is 18.4 Å². The number of aryl methyl sites for hydroxylation is 2. The van der Waals surface area contributed by atoms with Crippen molar-refractivity contribution < 1.29 is 9.59 Å². The molecule has 0 spiro atoms. The SMILES string of the molecule is CCN(CC(=O)Nc1c(-c2ccccc2)c(C)nn1-c1ccccc1C)C(=O)c1cccc2ccccc12. The van der Waals surface area contributed by atoms with Crippen LogP contribution in [0.4, 0.5) is 5.82 Å². The molecule has 0 aliphatic heterocycles. The van der Waals surface area contributed by atoms with Crippen molar-refractivity contribution in [3.63, 3.8) is 0 Å². The van der Waals surface area contributed by atoms with Crippen molar-refractivity contribution in [1.82, 2.24) is 14.7 Å². The first kappa shape index (κ1) is 25.0. The zero-order valence-electron chi connectivity index (χ0n) is 21.8. The Morgan fingerprint density at radius 3 is 2.29 bits per heavy atom. The number of hydrogen-bond acceptors (Lipinski definition) is 3. The molecular formula is C32H30N4O2. The largest absolute Gasteiger partial charge is 0.330 e. The number of nitrogens with one attached hydrogen (secondary N) is 1. The monoisotopic (exact) mass is 502 g/mol. The summed E-state index contributed by atoms with van der Waals surface area (Å²) < 4.78 is 1.79. The highest BCUT2D eigenvalue weighted by molar-refractivity contribution is 6.08. The summed E-state index contributed by atoms with van der Waals surface area (Å²) in [7, 11) is 0. The van der Waals surface area contributed by atoms with Crippen molar-refractivity contribution in [2.24, 2.45) is 0 Å². The minimum Gasteiger partial charge on any atom is -0.330 e. The van der Waals surface area contributed by atoms with Crippen molar-refractivity contribution in [3.05, 3.63) is 114 Å². The number of hydrogen-bond donors (Lipinski definition) is 1. The maximum absolute atomic E-state index is 13.5. The van der Waals surface area contributed by atoms with Crippen LogP contribution < -0.4 is 5.32 Å².